The summed E-state index contributed by atoms with van der Waals surface area (Å²) >= 11 is 0. The van der Waals surface area contributed by atoms with Crippen molar-refractivity contribution in [2.24, 2.45) is 0 Å². The van der Waals surface area contributed by atoms with Crippen molar-refractivity contribution < 1.29 is 0 Å². The summed E-state index contributed by atoms with van der Waals surface area (Å²) in [5, 5.41) is 7.00. The van der Waals surface area contributed by atoms with Crippen molar-refractivity contribution in [3.05, 3.63) is 42.5 Å². The first-order valence-corrected chi connectivity index (χ1v) is 9.50. The number of fused-ring (bicyclic) bond motifs is 1. The van der Waals surface area contributed by atoms with Gasteiger partial charge in [0.15, 0.2) is 5.65 Å². The van der Waals surface area contributed by atoms with E-state index < -0.39 is 0 Å². The molecule has 2 aliphatic rings. The Morgan fingerprint density at radius 2 is 2.15 bits per heavy atom. The molecule has 6 nitrogen and oxygen atoms in total. The van der Waals surface area contributed by atoms with E-state index in [-0.39, 0.29) is 5.41 Å². The second kappa shape index (κ2) is 6.06. The smallest absolute Gasteiger partial charge is 0.155 e. The van der Waals surface area contributed by atoms with Crippen molar-refractivity contribution >= 4 is 11.5 Å². The van der Waals surface area contributed by atoms with E-state index in [0.717, 1.165) is 41.6 Å². The molecule has 1 aliphatic heterocycles. The van der Waals surface area contributed by atoms with Crippen molar-refractivity contribution in [1.29, 1.82) is 0 Å². The number of piperidine rings is 1. The maximum absolute atomic E-state index is 4.85. The van der Waals surface area contributed by atoms with Gasteiger partial charge in [-0.15, -0.1) is 0 Å². The topological polar surface area (TPSA) is 67.1 Å². The summed E-state index contributed by atoms with van der Waals surface area (Å²) in [6, 6.07) is 6.59. The zero-order chi connectivity index (χ0) is 17.6. The van der Waals surface area contributed by atoms with Crippen LogP contribution in [0, 0.1) is 0 Å². The molecule has 1 aliphatic carbocycles. The van der Waals surface area contributed by atoms with Crippen LogP contribution in [0.3, 0.4) is 0 Å². The summed E-state index contributed by atoms with van der Waals surface area (Å²) in [7, 11) is 0. The van der Waals surface area contributed by atoms with Gasteiger partial charge in [-0.05, 0) is 44.4 Å². The summed E-state index contributed by atoms with van der Waals surface area (Å²) in [6.07, 6.45) is 10.7. The zero-order valence-corrected chi connectivity index (χ0v) is 15.1. The molecule has 3 aromatic heterocycles. The minimum absolute atomic E-state index is 0.237. The first-order chi connectivity index (χ1) is 12.7. The Balaban J connectivity index is 1.48. The van der Waals surface area contributed by atoms with Gasteiger partial charge in [0.1, 0.15) is 5.82 Å². The monoisotopic (exact) mass is 348 g/mol. The second-order valence-electron chi connectivity index (χ2n) is 7.80. The third-order valence-electron chi connectivity index (χ3n) is 5.67. The van der Waals surface area contributed by atoms with Gasteiger partial charge in [0.05, 0.1) is 29.5 Å². The van der Waals surface area contributed by atoms with Crippen LogP contribution in [0.25, 0.3) is 17.0 Å². The molecule has 5 rings (SSSR count). The van der Waals surface area contributed by atoms with Gasteiger partial charge in [-0.25, -0.2) is 9.97 Å². The Kier molecular flexibility index (Phi) is 3.67. The maximum atomic E-state index is 4.85. The molecular formula is C20H24N6. The van der Waals surface area contributed by atoms with Crippen molar-refractivity contribution in [2.75, 3.05) is 18.4 Å². The molecule has 0 spiro atoms. The molecule has 1 saturated heterocycles. The number of aromatic nitrogens is 4. The molecule has 6 heteroatoms. The molecule has 2 fully saturated rings. The second-order valence-corrected chi connectivity index (χ2v) is 7.80. The molecule has 134 valence electrons. The fourth-order valence-electron chi connectivity index (χ4n) is 3.68. The van der Waals surface area contributed by atoms with Gasteiger partial charge in [0, 0.05) is 24.2 Å². The van der Waals surface area contributed by atoms with E-state index in [1.807, 2.05) is 24.5 Å². The summed E-state index contributed by atoms with van der Waals surface area (Å²) in [4.78, 5) is 14.0. The van der Waals surface area contributed by atoms with Crippen LogP contribution >= 0.6 is 0 Å². The number of hydrogen-bond donors (Lipinski definition) is 2. The molecule has 2 N–H and O–H groups in total. The van der Waals surface area contributed by atoms with E-state index in [2.05, 4.69) is 44.2 Å². The van der Waals surface area contributed by atoms with Crippen molar-refractivity contribution in [3.63, 3.8) is 0 Å². The molecule has 1 atom stereocenters. The number of nitrogens with zero attached hydrogens (tertiary/aromatic N) is 4. The quantitative estimate of drug-likeness (QED) is 0.759. The highest BCUT2D eigenvalue weighted by Crippen LogP contribution is 2.46. The van der Waals surface area contributed by atoms with Crippen LogP contribution in [-0.2, 0) is 5.41 Å². The van der Waals surface area contributed by atoms with Crippen LogP contribution in [0.4, 0.5) is 5.82 Å². The van der Waals surface area contributed by atoms with E-state index in [4.69, 9.17) is 4.98 Å². The summed E-state index contributed by atoms with van der Waals surface area (Å²) in [5.41, 5.74) is 4.19. The van der Waals surface area contributed by atoms with Crippen LogP contribution < -0.4 is 10.6 Å². The van der Waals surface area contributed by atoms with Gasteiger partial charge in [-0.2, -0.15) is 0 Å². The molecular weight excluding hydrogens is 324 g/mol. The number of anilines is 1. The number of nitrogens with one attached hydrogen (secondary N) is 2. The maximum Gasteiger partial charge on any atom is 0.155 e. The Morgan fingerprint density at radius 3 is 2.96 bits per heavy atom. The van der Waals surface area contributed by atoms with E-state index in [9.17, 15) is 0 Å². The highest BCUT2D eigenvalue weighted by molar-refractivity contribution is 5.61. The highest BCUT2D eigenvalue weighted by Gasteiger charge is 2.40. The minimum Gasteiger partial charge on any atom is -0.366 e. The Hall–Kier alpha value is -2.47. The summed E-state index contributed by atoms with van der Waals surface area (Å²) in [6.45, 7) is 4.39. The Bertz CT molecular complexity index is 936. The molecule has 0 unspecified atom stereocenters. The standard InChI is InChI=1S/C20H24N6/c1-20(7-8-20)17-13-26-16(11-23-19(26)12-22-17)15-5-2-6-18(25-15)24-14-4-3-9-21-10-14/h2,5-6,11-14,21H,3-4,7-10H2,1H3,(H,24,25)/t14-/m1/s1. The Labute approximate surface area is 153 Å². The van der Waals surface area contributed by atoms with Crippen LogP contribution in [0.15, 0.2) is 36.8 Å². The first-order valence-electron chi connectivity index (χ1n) is 9.50. The van der Waals surface area contributed by atoms with Crippen LogP contribution in [0.2, 0.25) is 0 Å². The molecule has 4 heterocycles. The normalized spacial score (nSPS) is 21.7. The lowest BCUT2D eigenvalue weighted by Gasteiger charge is -2.24. The van der Waals surface area contributed by atoms with Gasteiger partial charge < -0.3 is 10.6 Å². The van der Waals surface area contributed by atoms with Crippen molar-refractivity contribution in [1.82, 2.24) is 24.7 Å². The van der Waals surface area contributed by atoms with Crippen molar-refractivity contribution in [2.45, 2.75) is 44.1 Å². The summed E-state index contributed by atoms with van der Waals surface area (Å²) < 4.78 is 2.13. The van der Waals surface area contributed by atoms with Gasteiger partial charge in [0.25, 0.3) is 0 Å². The van der Waals surface area contributed by atoms with Crippen LogP contribution in [0.1, 0.15) is 38.3 Å². The number of rotatable bonds is 4. The molecule has 1 saturated carbocycles. The third kappa shape index (κ3) is 2.84. The lowest BCUT2D eigenvalue weighted by Crippen LogP contribution is -2.38. The van der Waals surface area contributed by atoms with Gasteiger partial charge in [0.2, 0.25) is 0 Å². The van der Waals surface area contributed by atoms with Crippen LogP contribution in [-0.4, -0.2) is 38.5 Å². The average Bonchev–Trinajstić information content (AvgIpc) is 3.28. The largest absolute Gasteiger partial charge is 0.366 e. The lowest BCUT2D eigenvalue weighted by atomic mass is 10.1. The van der Waals surface area contributed by atoms with E-state index in [0.29, 0.717) is 6.04 Å². The summed E-state index contributed by atoms with van der Waals surface area (Å²) in [5.74, 6) is 0.926. The lowest BCUT2D eigenvalue weighted by molar-refractivity contribution is 0.479. The number of hydrogen-bond acceptors (Lipinski definition) is 5. The average molecular weight is 348 g/mol. The minimum atomic E-state index is 0.237. The fourth-order valence-corrected chi connectivity index (χ4v) is 3.68. The molecule has 0 bridgehead atoms. The molecule has 26 heavy (non-hydrogen) atoms. The predicted molar refractivity (Wildman–Crippen MR) is 102 cm³/mol. The zero-order valence-electron chi connectivity index (χ0n) is 15.1. The van der Waals surface area contributed by atoms with Crippen LogP contribution in [0.5, 0.6) is 0 Å². The number of pyridine rings is 1. The molecule has 0 aromatic carbocycles. The third-order valence-corrected chi connectivity index (χ3v) is 5.67. The van der Waals surface area contributed by atoms with Gasteiger partial charge >= 0.3 is 0 Å². The van der Waals surface area contributed by atoms with E-state index in [1.54, 1.807) is 0 Å². The number of imidazole rings is 1. The molecule has 3 aromatic rings. The first kappa shape index (κ1) is 15.8. The van der Waals surface area contributed by atoms with E-state index in [1.165, 1.54) is 25.7 Å². The predicted octanol–water partition coefficient (Wildman–Crippen LogP) is 3.01. The van der Waals surface area contributed by atoms with Gasteiger partial charge in [-0.1, -0.05) is 13.0 Å². The fraction of sp³-hybridized carbons (Fsp3) is 0.450. The molecule has 0 amide bonds. The van der Waals surface area contributed by atoms with Gasteiger partial charge in [-0.3, -0.25) is 9.38 Å². The Morgan fingerprint density at radius 1 is 1.23 bits per heavy atom. The highest BCUT2D eigenvalue weighted by atomic mass is 15.1. The SMILES string of the molecule is CC1(c2cn3c(-c4cccc(N[C@@H]5CCCNC5)n4)cnc3cn2)CC1. The van der Waals surface area contributed by atoms with E-state index >= 15 is 0 Å². The molecule has 0 radical (unpaired) electrons. The van der Waals surface area contributed by atoms with Crippen molar-refractivity contribution in [3.8, 4) is 11.4 Å².